The van der Waals surface area contributed by atoms with Crippen LogP contribution in [0.4, 0.5) is 0 Å². The molecule has 0 saturated carbocycles. The summed E-state index contributed by atoms with van der Waals surface area (Å²) in [6.07, 6.45) is 2.31. The molecule has 0 radical (unpaired) electrons. The topological polar surface area (TPSA) is 66.4 Å². The highest BCUT2D eigenvalue weighted by atomic mass is 127. The standard InChI is InChI=1S/C19H20INO3S/c1-12-5-3-4-6-14(12)16-11-13(20)7-8-15(16)18(22)21-17(19(23)24)9-10-25-2/h3-8,11,17H,9-10H2,1-2H3,(H,21,22)(H,23,24)/t17-/m0/s1. The molecule has 2 N–H and O–H groups in total. The molecule has 0 bridgehead atoms. The van der Waals surface area contributed by atoms with E-state index in [1.807, 2.05) is 49.6 Å². The van der Waals surface area contributed by atoms with Crippen molar-refractivity contribution in [1.29, 1.82) is 0 Å². The fourth-order valence-electron chi connectivity index (χ4n) is 2.54. The number of carboxylic acid groups (broad SMARTS) is 1. The third kappa shape index (κ3) is 5.22. The van der Waals surface area contributed by atoms with Crippen molar-refractivity contribution in [2.24, 2.45) is 0 Å². The highest BCUT2D eigenvalue weighted by Gasteiger charge is 2.22. The van der Waals surface area contributed by atoms with E-state index in [9.17, 15) is 14.7 Å². The van der Waals surface area contributed by atoms with Crippen LogP contribution < -0.4 is 5.32 Å². The molecule has 25 heavy (non-hydrogen) atoms. The van der Waals surface area contributed by atoms with E-state index in [4.69, 9.17) is 0 Å². The summed E-state index contributed by atoms with van der Waals surface area (Å²) in [5.41, 5.74) is 3.35. The Morgan fingerprint density at radius 2 is 1.92 bits per heavy atom. The zero-order valence-corrected chi connectivity index (χ0v) is 17.1. The van der Waals surface area contributed by atoms with E-state index in [2.05, 4.69) is 27.9 Å². The SMILES string of the molecule is CSCC[C@H](NC(=O)c1ccc(I)cc1-c1ccccc1C)C(=O)O. The van der Waals surface area contributed by atoms with E-state index in [0.717, 1.165) is 20.3 Å². The van der Waals surface area contributed by atoms with E-state index in [1.54, 1.807) is 17.8 Å². The van der Waals surface area contributed by atoms with Gasteiger partial charge >= 0.3 is 5.97 Å². The van der Waals surface area contributed by atoms with Crippen molar-refractivity contribution < 1.29 is 14.7 Å². The maximum absolute atomic E-state index is 12.8. The first kappa shape index (κ1) is 19.8. The molecule has 6 heteroatoms. The van der Waals surface area contributed by atoms with Crippen LogP contribution in [0.3, 0.4) is 0 Å². The molecule has 0 spiro atoms. The maximum atomic E-state index is 12.8. The average molecular weight is 469 g/mol. The van der Waals surface area contributed by atoms with Crippen LogP contribution in [0.25, 0.3) is 11.1 Å². The smallest absolute Gasteiger partial charge is 0.326 e. The van der Waals surface area contributed by atoms with Crippen LogP contribution in [0.5, 0.6) is 0 Å². The quantitative estimate of drug-likeness (QED) is 0.597. The number of hydrogen-bond donors (Lipinski definition) is 2. The number of amides is 1. The third-order valence-corrected chi connectivity index (χ3v) is 5.19. The summed E-state index contributed by atoms with van der Waals surface area (Å²) in [5.74, 6) is -0.692. The first-order valence-electron chi connectivity index (χ1n) is 7.82. The number of aliphatic carboxylic acids is 1. The molecule has 0 aromatic heterocycles. The summed E-state index contributed by atoms with van der Waals surface area (Å²) in [4.78, 5) is 24.2. The number of halogens is 1. The van der Waals surface area contributed by atoms with Gasteiger partial charge in [0, 0.05) is 9.13 Å². The minimum atomic E-state index is -1.01. The molecule has 0 aliphatic heterocycles. The summed E-state index contributed by atoms with van der Waals surface area (Å²) < 4.78 is 1.02. The van der Waals surface area contributed by atoms with E-state index in [-0.39, 0.29) is 5.91 Å². The highest BCUT2D eigenvalue weighted by molar-refractivity contribution is 14.1. The lowest BCUT2D eigenvalue weighted by Gasteiger charge is -2.17. The van der Waals surface area contributed by atoms with E-state index >= 15 is 0 Å². The average Bonchev–Trinajstić information content (AvgIpc) is 2.58. The zero-order valence-electron chi connectivity index (χ0n) is 14.1. The Hall–Kier alpha value is -1.54. The molecule has 0 unspecified atom stereocenters. The predicted octanol–water partition coefficient (Wildman–Crippen LogP) is 4.20. The second-order valence-corrected chi connectivity index (χ2v) is 7.88. The fraction of sp³-hybridized carbons (Fsp3) is 0.263. The van der Waals surface area contributed by atoms with Gasteiger partial charge < -0.3 is 10.4 Å². The molecule has 2 aromatic rings. The zero-order chi connectivity index (χ0) is 18.4. The molecular weight excluding hydrogens is 449 g/mol. The van der Waals surface area contributed by atoms with Crippen LogP contribution >= 0.6 is 34.4 Å². The summed E-state index contributed by atoms with van der Waals surface area (Å²) in [6.45, 7) is 2.00. The first-order chi connectivity index (χ1) is 11.9. The number of rotatable bonds is 7. The van der Waals surface area contributed by atoms with Crippen LogP contribution in [0, 0.1) is 10.5 Å². The molecule has 0 saturated heterocycles. The van der Waals surface area contributed by atoms with Gasteiger partial charge in [0.2, 0.25) is 0 Å². The Kier molecular flexibility index (Phi) is 7.31. The normalized spacial score (nSPS) is 11.8. The molecule has 0 aliphatic rings. The van der Waals surface area contributed by atoms with Gasteiger partial charge in [-0.15, -0.1) is 0 Å². The Bertz CT molecular complexity index is 779. The number of thioether (sulfide) groups is 1. The Morgan fingerprint density at radius 3 is 2.56 bits per heavy atom. The minimum Gasteiger partial charge on any atom is -0.480 e. The van der Waals surface area contributed by atoms with Gasteiger partial charge in [-0.1, -0.05) is 24.3 Å². The van der Waals surface area contributed by atoms with Crippen molar-refractivity contribution in [1.82, 2.24) is 5.32 Å². The Morgan fingerprint density at radius 1 is 1.20 bits per heavy atom. The van der Waals surface area contributed by atoms with Gasteiger partial charge in [-0.3, -0.25) is 4.79 Å². The van der Waals surface area contributed by atoms with Gasteiger partial charge in [0.25, 0.3) is 5.91 Å². The molecular formula is C19H20INO3S. The molecule has 2 aromatic carbocycles. The Labute approximate surface area is 165 Å². The van der Waals surface area contributed by atoms with E-state index < -0.39 is 12.0 Å². The van der Waals surface area contributed by atoms with Crippen molar-refractivity contribution >= 4 is 46.2 Å². The molecule has 132 valence electrons. The van der Waals surface area contributed by atoms with Crippen LogP contribution in [-0.4, -0.2) is 35.0 Å². The van der Waals surface area contributed by atoms with Gasteiger partial charge in [0.1, 0.15) is 6.04 Å². The maximum Gasteiger partial charge on any atom is 0.326 e. The summed E-state index contributed by atoms with van der Waals surface area (Å²) in [7, 11) is 0. The predicted molar refractivity (Wildman–Crippen MR) is 111 cm³/mol. The molecule has 4 nitrogen and oxygen atoms in total. The fourth-order valence-corrected chi connectivity index (χ4v) is 3.50. The monoisotopic (exact) mass is 469 g/mol. The summed E-state index contributed by atoms with van der Waals surface area (Å²) in [6, 6.07) is 12.5. The van der Waals surface area contributed by atoms with Crippen LogP contribution in [0.1, 0.15) is 22.3 Å². The number of carbonyl (C=O) groups is 2. The van der Waals surface area contributed by atoms with Crippen molar-refractivity contribution in [3.8, 4) is 11.1 Å². The number of carbonyl (C=O) groups excluding carboxylic acids is 1. The van der Waals surface area contributed by atoms with Crippen molar-refractivity contribution in [3.63, 3.8) is 0 Å². The Balaban J connectivity index is 2.37. The number of aryl methyl sites for hydroxylation is 1. The number of hydrogen-bond acceptors (Lipinski definition) is 3. The molecule has 2 rings (SSSR count). The van der Waals surface area contributed by atoms with Gasteiger partial charge in [-0.05, 0) is 82.8 Å². The lowest BCUT2D eigenvalue weighted by atomic mass is 9.95. The first-order valence-corrected chi connectivity index (χ1v) is 10.3. The van der Waals surface area contributed by atoms with Crippen LogP contribution in [-0.2, 0) is 4.79 Å². The number of benzene rings is 2. The minimum absolute atomic E-state index is 0.358. The molecule has 0 aliphatic carbocycles. The summed E-state index contributed by atoms with van der Waals surface area (Å²) >= 11 is 3.77. The lowest BCUT2D eigenvalue weighted by molar-refractivity contribution is -0.139. The third-order valence-electron chi connectivity index (χ3n) is 3.88. The number of nitrogens with one attached hydrogen (secondary N) is 1. The van der Waals surface area contributed by atoms with Crippen molar-refractivity contribution in [2.45, 2.75) is 19.4 Å². The summed E-state index contributed by atoms with van der Waals surface area (Å²) in [5, 5.41) is 12.0. The molecule has 0 fully saturated rings. The van der Waals surface area contributed by atoms with E-state index in [0.29, 0.717) is 17.7 Å². The van der Waals surface area contributed by atoms with Crippen LogP contribution in [0.2, 0.25) is 0 Å². The van der Waals surface area contributed by atoms with Gasteiger partial charge in [-0.25, -0.2) is 4.79 Å². The van der Waals surface area contributed by atoms with E-state index in [1.165, 1.54) is 0 Å². The second kappa shape index (κ2) is 9.24. The number of carboxylic acids is 1. The molecule has 1 atom stereocenters. The molecule has 0 heterocycles. The van der Waals surface area contributed by atoms with Gasteiger partial charge in [0.15, 0.2) is 0 Å². The van der Waals surface area contributed by atoms with Crippen molar-refractivity contribution in [2.75, 3.05) is 12.0 Å². The lowest BCUT2D eigenvalue weighted by Crippen LogP contribution is -2.41. The van der Waals surface area contributed by atoms with Gasteiger partial charge in [0.05, 0.1) is 0 Å². The largest absolute Gasteiger partial charge is 0.480 e. The van der Waals surface area contributed by atoms with Gasteiger partial charge in [-0.2, -0.15) is 11.8 Å². The van der Waals surface area contributed by atoms with Crippen LogP contribution in [0.15, 0.2) is 42.5 Å². The second-order valence-electron chi connectivity index (χ2n) is 5.65. The molecule has 1 amide bonds. The highest BCUT2D eigenvalue weighted by Crippen LogP contribution is 2.28. The van der Waals surface area contributed by atoms with Crippen molar-refractivity contribution in [3.05, 3.63) is 57.2 Å².